The second-order valence-corrected chi connectivity index (χ2v) is 4.37. The Morgan fingerprint density at radius 1 is 1.44 bits per heavy atom. The first-order valence-electron chi connectivity index (χ1n) is 4.62. The molecule has 0 spiro atoms. The van der Waals surface area contributed by atoms with Crippen molar-refractivity contribution in [2.75, 3.05) is 41.8 Å². The van der Waals surface area contributed by atoms with E-state index in [1.807, 2.05) is 28.2 Å². The van der Waals surface area contributed by atoms with Crippen LogP contribution in [0.3, 0.4) is 0 Å². The molecule has 0 bridgehead atoms. The van der Waals surface area contributed by atoms with Crippen molar-refractivity contribution < 1.29 is 21.7 Å². The zero-order chi connectivity index (χ0) is 13.4. The number of hydrogen-bond acceptors (Lipinski definition) is 4. The minimum Gasteiger partial charge on any atom is -0.726 e. The van der Waals surface area contributed by atoms with E-state index < -0.39 is 10.4 Å². The number of hydrogen-bond donors (Lipinski definition) is 1. The Labute approximate surface area is 97.7 Å². The average molecular weight is 255 g/mol. The summed E-state index contributed by atoms with van der Waals surface area (Å²) in [7, 11) is 4.50. The molecule has 0 radical (unpaired) electrons. The monoisotopic (exact) mass is 255 g/mol. The van der Waals surface area contributed by atoms with Gasteiger partial charge in [0, 0.05) is 0 Å². The fraction of sp³-hybridized carbons (Fsp3) is 0.875. The summed E-state index contributed by atoms with van der Waals surface area (Å²) in [6.45, 7) is 3.05. The Bertz CT molecular complexity index is 307. The van der Waals surface area contributed by atoms with Gasteiger partial charge in [0.05, 0.1) is 41.8 Å². The zero-order valence-electron chi connectivity index (χ0n) is 10.6. The first kappa shape index (κ1) is 17.5. The van der Waals surface area contributed by atoms with E-state index >= 15 is 0 Å². The van der Waals surface area contributed by atoms with Crippen LogP contribution in [0.15, 0.2) is 0 Å². The van der Waals surface area contributed by atoms with Gasteiger partial charge in [-0.1, -0.05) is 0 Å². The van der Waals surface area contributed by atoms with Crippen molar-refractivity contribution in [3.8, 4) is 0 Å². The second kappa shape index (κ2) is 8.31. The third-order valence-electron chi connectivity index (χ3n) is 1.39. The van der Waals surface area contributed by atoms with Gasteiger partial charge >= 0.3 is 5.96 Å². The van der Waals surface area contributed by atoms with Gasteiger partial charge in [-0.3, -0.25) is 19.0 Å². The van der Waals surface area contributed by atoms with Crippen LogP contribution in [0.2, 0.25) is 0 Å². The number of rotatable bonds is 2. The SMILES string of the molecule is CCNC(N(C)C)=[N+](C)C.COS(=O)(=O)[O-]. The molecule has 16 heavy (non-hydrogen) atoms. The molecular formula is C8H21N3O4S. The molecule has 0 fully saturated rings. The maximum absolute atomic E-state index is 9.22. The van der Waals surface area contributed by atoms with Crippen molar-refractivity contribution in [3.63, 3.8) is 0 Å². The molecule has 0 aromatic carbocycles. The highest BCUT2D eigenvalue weighted by atomic mass is 32.3. The van der Waals surface area contributed by atoms with E-state index in [2.05, 4.69) is 25.9 Å². The highest BCUT2D eigenvalue weighted by Gasteiger charge is 2.07. The zero-order valence-corrected chi connectivity index (χ0v) is 11.5. The molecule has 0 rings (SSSR count). The average Bonchev–Trinajstić information content (AvgIpc) is 2.13. The first-order valence-corrected chi connectivity index (χ1v) is 5.95. The van der Waals surface area contributed by atoms with E-state index in [0.29, 0.717) is 0 Å². The normalized spacial score (nSPS) is 9.94. The highest BCUT2D eigenvalue weighted by molar-refractivity contribution is 7.80. The van der Waals surface area contributed by atoms with E-state index in [0.717, 1.165) is 19.6 Å². The van der Waals surface area contributed by atoms with Gasteiger partial charge in [0.15, 0.2) is 0 Å². The molecule has 98 valence electrons. The maximum atomic E-state index is 9.22. The molecule has 0 amide bonds. The van der Waals surface area contributed by atoms with Crippen molar-refractivity contribution in [1.82, 2.24) is 10.2 Å². The van der Waals surface area contributed by atoms with Gasteiger partial charge in [-0.2, -0.15) is 0 Å². The van der Waals surface area contributed by atoms with Crippen LogP contribution in [-0.2, 0) is 14.6 Å². The van der Waals surface area contributed by atoms with Crippen LogP contribution in [0, 0.1) is 0 Å². The molecule has 7 nitrogen and oxygen atoms in total. The summed E-state index contributed by atoms with van der Waals surface area (Å²) < 4.78 is 33.1. The summed E-state index contributed by atoms with van der Waals surface area (Å²) in [5.41, 5.74) is 0. The van der Waals surface area contributed by atoms with Gasteiger partial charge in [0.1, 0.15) is 0 Å². The van der Waals surface area contributed by atoms with Gasteiger partial charge in [-0.15, -0.1) is 0 Å². The van der Waals surface area contributed by atoms with Gasteiger partial charge in [-0.25, -0.2) is 8.42 Å². The third-order valence-corrected chi connectivity index (χ3v) is 1.79. The van der Waals surface area contributed by atoms with E-state index in [4.69, 9.17) is 0 Å². The lowest BCUT2D eigenvalue weighted by atomic mass is 10.7. The Morgan fingerprint density at radius 2 is 1.81 bits per heavy atom. The molecule has 0 aromatic rings. The summed E-state index contributed by atoms with van der Waals surface area (Å²) in [5, 5.41) is 3.25. The highest BCUT2D eigenvalue weighted by Crippen LogP contribution is 1.75. The van der Waals surface area contributed by atoms with Crippen LogP contribution in [0.25, 0.3) is 0 Å². The molecule has 0 unspecified atom stereocenters. The molecule has 0 saturated heterocycles. The molecule has 8 heteroatoms. The van der Waals surface area contributed by atoms with Gasteiger partial charge < -0.3 is 4.55 Å². The van der Waals surface area contributed by atoms with Crippen molar-refractivity contribution >= 4 is 16.4 Å². The minimum atomic E-state index is -4.41. The fourth-order valence-corrected chi connectivity index (χ4v) is 0.874. The summed E-state index contributed by atoms with van der Waals surface area (Å²) >= 11 is 0. The Hall–Kier alpha value is -0.860. The Morgan fingerprint density at radius 3 is 1.88 bits per heavy atom. The number of nitrogens with one attached hydrogen (secondary N) is 1. The summed E-state index contributed by atoms with van der Waals surface area (Å²) in [5.74, 6) is 1.14. The molecule has 0 aromatic heterocycles. The second-order valence-electron chi connectivity index (χ2n) is 3.22. The quantitative estimate of drug-likeness (QED) is 0.221. The summed E-state index contributed by atoms with van der Waals surface area (Å²) in [6.07, 6.45) is 0. The maximum Gasteiger partial charge on any atom is 0.347 e. The summed E-state index contributed by atoms with van der Waals surface area (Å²) in [6, 6.07) is 0. The molecule has 0 aliphatic carbocycles. The van der Waals surface area contributed by atoms with Crippen LogP contribution in [0.4, 0.5) is 0 Å². The van der Waals surface area contributed by atoms with Crippen LogP contribution in [-0.4, -0.2) is 70.3 Å². The predicted octanol–water partition coefficient (Wildman–Crippen LogP) is -1.12. The van der Waals surface area contributed by atoms with Crippen LogP contribution < -0.4 is 5.32 Å². The van der Waals surface area contributed by atoms with Crippen molar-refractivity contribution in [1.29, 1.82) is 0 Å². The summed E-state index contributed by atoms with van der Waals surface area (Å²) in [4.78, 5) is 2.06. The lowest BCUT2D eigenvalue weighted by Gasteiger charge is -2.11. The fourth-order valence-electron chi connectivity index (χ4n) is 0.874. The molecule has 1 N–H and O–H groups in total. The number of nitrogens with zero attached hydrogens (tertiary/aromatic N) is 2. The van der Waals surface area contributed by atoms with E-state index in [1.54, 1.807) is 0 Å². The minimum absolute atomic E-state index is 0.808. The van der Waals surface area contributed by atoms with Crippen LogP contribution in [0.1, 0.15) is 6.92 Å². The number of guanidine groups is 1. The molecule has 0 heterocycles. The van der Waals surface area contributed by atoms with E-state index in [9.17, 15) is 13.0 Å². The van der Waals surface area contributed by atoms with Crippen LogP contribution in [0.5, 0.6) is 0 Å². The molecule has 0 atom stereocenters. The standard InChI is InChI=1S/C7H17N3.CH4O4S/c1-6-8-7(9(2)3)10(4)5;1-5-6(2,3)4/h6H2,1-5H3;1H3,(H,2,3,4). The first-order chi connectivity index (χ1) is 7.15. The van der Waals surface area contributed by atoms with Crippen molar-refractivity contribution in [2.45, 2.75) is 6.92 Å². The lowest BCUT2D eigenvalue weighted by molar-refractivity contribution is -0.472. The smallest absolute Gasteiger partial charge is 0.347 e. The van der Waals surface area contributed by atoms with Crippen molar-refractivity contribution in [2.24, 2.45) is 0 Å². The largest absolute Gasteiger partial charge is 0.726 e. The Kier molecular flexibility index (Phi) is 9.11. The van der Waals surface area contributed by atoms with Crippen LogP contribution >= 0.6 is 0 Å². The molecular weight excluding hydrogens is 234 g/mol. The van der Waals surface area contributed by atoms with Gasteiger partial charge in [-0.05, 0) is 6.92 Å². The molecule has 0 aliphatic rings. The lowest BCUT2D eigenvalue weighted by Crippen LogP contribution is -2.41. The van der Waals surface area contributed by atoms with E-state index in [-0.39, 0.29) is 0 Å². The predicted molar refractivity (Wildman–Crippen MR) is 61.2 cm³/mol. The molecule has 0 aliphatic heterocycles. The topological polar surface area (TPSA) is 84.7 Å². The Balaban J connectivity index is 0. The third kappa shape index (κ3) is 11.2. The van der Waals surface area contributed by atoms with Crippen molar-refractivity contribution in [3.05, 3.63) is 0 Å². The van der Waals surface area contributed by atoms with Gasteiger partial charge in [0.25, 0.3) is 0 Å². The van der Waals surface area contributed by atoms with E-state index in [1.165, 1.54) is 0 Å². The molecule has 0 saturated carbocycles. The van der Waals surface area contributed by atoms with Gasteiger partial charge in [0.2, 0.25) is 10.4 Å².